The van der Waals surface area contributed by atoms with Gasteiger partial charge in [-0.1, -0.05) is 29.8 Å². The topological polar surface area (TPSA) is 26.3 Å². The van der Waals surface area contributed by atoms with E-state index in [1.54, 1.807) is 0 Å². The summed E-state index contributed by atoms with van der Waals surface area (Å²) < 4.78 is 17.6. The van der Waals surface area contributed by atoms with E-state index < -0.39 is 10.8 Å². The molecule has 1 aliphatic rings. The van der Waals surface area contributed by atoms with Crippen LogP contribution in [0.3, 0.4) is 0 Å². The second-order valence-corrected chi connectivity index (χ2v) is 6.08. The summed E-state index contributed by atoms with van der Waals surface area (Å²) in [6, 6.07) is 7.58. The van der Waals surface area contributed by atoms with E-state index in [1.165, 1.54) is 0 Å². The Morgan fingerprint density at radius 1 is 1.50 bits per heavy atom. The number of hydrogen-bond donors (Lipinski definition) is 0. The maximum atomic E-state index is 12.1. The van der Waals surface area contributed by atoms with Crippen LogP contribution in [0, 0.1) is 0 Å². The molecule has 0 spiro atoms. The largest absolute Gasteiger partial charge is 0.377 e. The Morgan fingerprint density at radius 2 is 2.25 bits per heavy atom. The lowest BCUT2D eigenvalue weighted by Crippen LogP contribution is -2.24. The minimum atomic E-state index is -0.896. The Kier molecular flexibility index (Phi) is 4.00. The van der Waals surface area contributed by atoms with Gasteiger partial charge in [0.05, 0.1) is 17.1 Å². The van der Waals surface area contributed by atoms with Crippen molar-refractivity contribution in [1.82, 2.24) is 0 Å². The van der Waals surface area contributed by atoms with Crippen molar-refractivity contribution in [2.75, 3.05) is 6.61 Å². The van der Waals surface area contributed by atoms with Gasteiger partial charge in [0, 0.05) is 22.4 Å². The first-order chi connectivity index (χ1) is 7.68. The third kappa shape index (κ3) is 2.65. The number of benzene rings is 1. The van der Waals surface area contributed by atoms with E-state index in [2.05, 4.69) is 0 Å². The molecule has 3 unspecified atom stereocenters. The summed E-state index contributed by atoms with van der Waals surface area (Å²) in [5, 5.41) is 0.846. The number of halogens is 1. The second kappa shape index (κ2) is 5.30. The first kappa shape index (κ1) is 12.1. The molecule has 1 aliphatic heterocycles. The lowest BCUT2D eigenvalue weighted by molar-refractivity contribution is 0.127. The Bertz CT molecular complexity index is 394. The summed E-state index contributed by atoms with van der Waals surface area (Å²) in [6.45, 7) is 2.71. The van der Waals surface area contributed by atoms with Crippen molar-refractivity contribution in [1.29, 1.82) is 0 Å². The molecule has 0 radical (unpaired) electrons. The van der Waals surface area contributed by atoms with Crippen LogP contribution >= 0.6 is 11.6 Å². The lowest BCUT2D eigenvalue weighted by Gasteiger charge is -2.14. The van der Waals surface area contributed by atoms with Crippen LogP contribution in [0.2, 0.25) is 5.02 Å². The zero-order valence-electron chi connectivity index (χ0n) is 9.19. The monoisotopic (exact) mass is 258 g/mol. The molecule has 1 fully saturated rings. The molecule has 0 N–H and O–H groups in total. The molecule has 0 amide bonds. The Labute approximate surface area is 103 Å². The highest BCUT2D eigenvalue weighted by atomic mass is 35.5. The molecule has 0 aromatic heterocycles. The Balaban J connectivity index is 2.05. The summed E-state index contributed by atoms with van der Waals surface area (Å²) in [4.78, 5) is 0. The molecule has 1 saturated heterocycles. The van der Waals surface area contributed by atoms with Crippen LogP contribution in [-0.4, -0.2) is 22.2 Å². The molecule has 4 heteroatoms. The smallest absolute Gasteiger partial charge is 0.0691 e. The summed E-state index contributed by atoms with van der Waals surface area (Å²) in [5.41, 5.74) is 0.960. The molecular weight excluding hydrogens is 244 g/mol. The molecule has 2 rings (SSSR count). The predicted molar refractivity (Wildman–Crippen MR) is 67.1 cm³/mol. The average molecular weight is 259 g/mol. The quantitative estimate of drug-likeness (QED) is 0.833. The highest BCUT2D eigenvalue weighted by Crippen LogP contribution is 2.23. The minimum Gasteiger partial charge on any atom is -0.377 e. The summed E-state index contributed by atoms with van der Waals surface area (Å²) >= 11 is 6.05. The van der Waals surface area contributed by atoms with Crippen LogP contribution in [0.1, 0.15) is 18.9 Å². The Hall–Kier alpha value is -0.380. The van der Waals surface area contributed by atoms with Crippen molar-refractivity contribution in [3.8, 4) is 0 Å². The zero-order valence-corrected chi connectivity index (χ0v) is 10.8. The first-order valence-corrected chi connectivity index (χ1v) is 7.16. The molecule has 2 nitrogen and oxygen atoms in total. The van der Waals surface area contributed by atoms with E-state index in [1.807, 2.05) is 31.2 Å². The number of hydrogen-bond acceptors (Lipinski definition) is 2. The highest BCUT2D eigenvalue weighted by Gasteiger charge is 2.29. The van der Waals surface area contributed by atoms with Crippen LogP contribution < -0.4 is 0 Å². The number of ether oxygens (including phenoxy) is 1. The zero-order chi connectivity index (χ0) is 11.5. The molecule has 0 aliphatic carbocycles. The Morgan fingerprint density at radius 3 is 2.88 bits per heavy atom. The highest BCUT2D eigenvalue weighted by molar-refractivity contribution is 7.84. The van der Waals surface area contributed by atoms with Crippen LogP contribution in [0.5, 0.6) is 0 Å². The third-order valence-electron chi connectivity index (χ3n) is 2.90. The van der Waals surface area contributed by atoms with E-state index >= 15 is 0 Å². The SMILES string of the molecule is CC1OCCC1S(=O)Cc1ccccc1Cl. The van der Waals surface area contributed by atoms with Crippen LogP contribution in [0.25, 0.3) is 0 Å². The van der Waals surface area contributed by atoms with Crippen molar-refractivity contribution < 1.29 is 8.95 Å². The van der Waals surface area contributed by atoms with Gasteiger partial charge in [0.1, 0.15) is 0 Å². The standard InChI is InChI=1S/C12H15ClO2S/c1-9-12(6-7-15-9)16(14)8-10-4-2-3-5-11(10)13/h2-5,9,12H,6-8H2,1H3. The summed E-state index contributed by atoms with van der Waals surface area (Å²) in [6.07, 6.45) is 0.987. The normalized spacial score (nSPS) is 26.9. The van der Waals surface area contributed by atoms with E-state index in [4.69, 9.17) is 16.3 Å². The lowest BCUT2D eigenvalue weighted by atomic mass is 10.2. The molecule has 0 saturated carbocycles. The molecule has 16 heavy (non-hydrogen) atoms. The van der Waals surface area contributed by atoms with Crippen molar-refractivity contribution in [2.24, 2.45) is 0 Å². The molecule has 0 bridgehead atoms. The first-order valence-electron chi connectivity index (χ1n) is 5.40. The van der Waals surface area contributed by atoms with Gasteiger partial charge in [0.15, 0.2) is 0 Å². The van der Waals surface area contributed by atoms with E-state index in [0.29, 0.717) is 10.8 Å². The van der Waals surface area contributed by atoms with Gasteiger partial charge in [-0.15, -0.1) is 0 Å². The third-order valence-corrected chi connectivity index (χ3v) is 5.16. The van der Waals surface area contributed by atoms with Gasteiger partial charge in [-0.2, -0.15) is 0 Å². The second-order valence-electron chi connectivity index (χ2n) is 4.02. The molecule has 88 valence electrons. The van der Waals surface area contributed by atoms with E-state index in [9.17, 15) is 4.21 Å². The molecule has 1 aromatic carbocycles. The maximum absolute atomic E-state index is 12.1. The molecule has 1 heterocycles. The molecule has 1 aromatic rings. The van der Waals surface area contributed by atoms with E-state index in [-0.39, 0.29) is 11.4 Å². The average Bonchev–Trinajstić information content (AvgIpc) is 2.68. The van der Waals surface area contributed by atoms with Gasteiger partial charge < -0.3 is 4.74 Å². The minimum absolute atomic E-state index is 0.100. The summed E-state index contributed by atoms with van der Waals surface area (Å²) in [5.74, 6) is 0.526. The van der Waals surface area contributed by atoms with Crippen molar-refractivity contribution >= 4 is 22.4 Å². The van der Waals surface area contributed by atoms with Gasteiger partial charge in [-0.3, -0.25) is 4.21 Å². The molecule has 3 atom stereocenters. The van der Waals surface area contributed by atoms with Gasteiger partial charge in [0.2, 0.25) is 0 Å². The van der Waals surface area contributed by atoms with Gasteiger partial charge in [-0.05, 0) is 25.0 Å². The van der Waals surface area contributed by atoms with Crippen LogP contribution in [0.15, 0.2) is 24.3 Å². The summed E-state index contributed by atoms with van der Waals surface area (Å²) in [7, 11) is -0.896. The van der Waals surface area contributed by atoms with Gasteiger partial charge in [-0.25, -0.2) is 0 Å². The van der Waals surface area contributed by atoms with E-state index in [0.717, 1.165) is 18.6 Å². The fourth-order valence-corrected chi connectivity index (χ4v) is 3.85. The fourth-order valence-electron chi connectivity index (χ4n) is 1.93. The number of rotatable bonds is 3. The van der Waals surface area contributed by atoms with Crippen molar-refractivity contribution in [3.63, 3.8) is 0 Å². The van der Waals surface area contributed by atoms with Gasteiger partial charge >= 0.3 is 0 Å². The van der Waals surface area contributed by atoms with Crippen molar-refractivity contribution in [2.45, 2.75) is 30.5 Å². The van der Waals surface area contributed by atoms with Crippen molar-refractivity contribution in [3.05, 3.63) is 34.9 Å². The fraction of sp³-hybridized carbons (Fsp3) is 0.500. The van der Waals surface area contributed by atoms with Crippen LogP contribution in [-0.2, 0) is 21.3 Å². The predicted octanol–water partition coefficient (Wildman–Crippen LogP) is 2.77. The van der Waals surface area contributed by atoms with Gasteiger partial charge in [0.25, 0.3) is 0 Å². The van der Waals surface area contributed by atoms with Crippen LogP contribution in [0.4, 0.5) is 0 Å². The maximum Gasteiger partial charge on any atom is 0.0691 e. The molecular formula is C12H15ClO2S.